The number of carbonyl (C=O) groups is 2. The first kappa shape index (κ1) is 27.3. The Morgan fingerprint density at radius 3 is 2.44 bits per heavy atom. The van der Waals surface area contributed by atoms with Gasteiger partial charge in [-0.15, -0.1) is 10.2 Å². The van der Waals surface area contributed by atoms with Gasteiger partial charge in [0.25, 0.3) is 0 Å². The summed E-state index contributed by atoms with van der Waals surface area (Å²) in [7, 11) is 0. The molecule has 9 nitrogen and oxygen atoms in total. The van der Waals surface area contributed by atoms with E-state index in [4.69, 9.17) is 11.6 Å². The van der Waals surface area contributed by atoms with Gasteiger partial charge < -0.3 is 15.3 Å². The Balaban J connectivity index is 1.85. The van der Waals surface area contributed by atoms with E-state index in [2.05, 4.69) is 34.6 Å². The van der Waals surface area contributed by atoms with Crippen LogP contribution >= 0.6 is 11.6 Å². The number of nitrogens with one attached hydrogen (secondary N) is 1. The molecule has 3 rings (SSSR count). The van der Waals surface area contributed by atoms with E-state index in [1.807, 2.05) is 31.2 Å². The molecule has 0 radical (unpaired) electrons. The van der Waals surface area contributed by atoms with Crippen LogP contribution in [0.4, 0.5) is 0 Å². The number of hydrogen-bond acceptors (Lipinski definition) is 6. The zero-order valence-electron chi connectivity index (χ0n) is 20.9. The normalized spacial score (nSPS) is 11.9. The molecule has 0 spiro atoms. The van der Waals surface area contributed by atoms with Gasteiger partial charge in [-0.25, -0.2) is 0 Å². The zero-order chi connectivity index (χ0) is 26.1. The predicted molar refractivity (Wildman–Crippen MR) is 138 cm³/mol. The largest absolute Gasteiger partial charge is 0.396 e. The molecule has 2 aromatic carbocycles. The molecule has 0 bridgehead atoms. The topological polar surface area (TPSA) is 113 Å². The van der Waals surface area contributed by atoms with E-state index in [1.165, 1.54) is 9.70 Å². The summed E-state index contributed by atoms with van der Waals surface area (Å²) in [5.74, 6) is 0.171. The predicted octanol–water partition coefficient (Wildman–Crippen LogP) is 3.42. The van der Waals surface area contributed by atoms with E-state index in [-0.39, 0.29) is 31.5 Å². The second-order valence-electron chi connectivity index (χ2n) is 9.10. The molecule has 3 aromatic rings. The highest BCUT2D eigenvalue weighted by atomic mass is 35.5. The number of aromatic nitrogens is 4. The molecule has 1 unspecified atom stereocenters. The minimum Gasteiger partial charge on any atom is -0.396 e. The molecule has 1 aromatic heterocycles. The third kappa shape index (κ3) is 7.60. The van der Waals surface area contributed by atoms with E-state index in [0.717, 1.165) is 17.5 Å². The fourth-order valence-corrected chi connectivity index (χ4v) is 3.80. The number of amides is 2. The molecule has 0 aliphatic rings. The van der Waals surface area contributed by atoms with E-state index in [1.54, 1.807) is 24.3 Å². The quantitative estimate of drug-likeness (QED) is 0.384. The van der Waals surface area contributed by atoms with Gasteiger partial charge in [-0.05, 0) is 48.6 Å². The molecule has 0 saturated heterocycles. The molecule has 192 valence electrons. The summed E-state index contributed by atoms with van der Waals surface area (Å²) in [6.45, 7) is 6.50. The second kappa shape index (κ2) is 13.1. The lowest BCUT2D eigenvalue weighted by Gasteiger charge is -2.31. The van der Waals surface area contributed by atoms with Crippen molar-refractivity contribution in [3.63, 3.8) is 0 Å². The van der Waals surface area contributed by atoms with Crippen molar-refractivity contribution < 1.29 is 14.7 Å². The van der Waals surface area contributed by atoms with Crippen molar-refractivity contribution in [3.8, 4) is 11.4 Å². The van der Waals surface area contributed by atoms with Crippen molar-refractivity contribution in [1.29, 1.82) is 0 Å². The van der Waals surface area contributed by atoms with Gasteiger partial charge in [-0.3, -0.25) is 9.59 Å². The van der Waals surface area contributed by atoms with Crippen LogP contribution in [0.2, 0.25) is 5.02 Å². The first-order valence-corrected chi connectivity index (χ1v) is 12.4. The first-order valence-electron chi connectivity index (χ1n) is 12.1. The minimum atomic E-state index is -0.895. The Morgan fingerprint density at radius 1 is 1.11 bits per heavy atom. The number of halogens is 1. The molecule has 1 atom stereocenters. The number of hydrogen-bond donors (Lipinski definition) is 2. The third-order valence-electron chi connectivity index (χ3n) is 5.68. The summed E-state index contributed by atoms with van der Waals surface area (Å²) >= 11 is 6.07. The Morgan fingerprint density at radius 2 is 1.81 bits per heavy atom. The van der Waals surface area contributed by atoms with Gasteiger partial charge in [0, 0.05) is 30.3 Å². The van der Waals surface area contributed by atoms with Gasteiger partial charge in [0.1, 0.15) is 12.6 Å². The highest BCUT2D eigenvalue weighted by Gasteiger charge is 2.31. The monoisotopic (exact) mass is 512 g/mol. The van der Waals surface area contributed by atoms with Gasteiger partial charge in [0.15, 0.2) is 0 Å². The molecule has 0 aliphatic carbocycles. The Hall–Kier alpha value is -3.30. The molecule has 10 heteroatoms. The zero-order valence-corrected chi connectivity index (χ0v) is 21.6. The maximum Gasteiger partial charge on any atom is 0.247 e. The minimum absolute atomic E-state index is 0.120. The van der Waals surface area contributed by atoms with Crippen LogP contribution in [0.3, 0.4) is 0 Å². The van der Waals surface area contributed by atoms with Gasteiger partial charge in [-0.1, -0.05) is 67.4 Å². The first-order chi connectivity index (χ1) is 17.3. The Labute approximate surface area is 216 Å². The van der Waals surface area contributed by atoms with Crippen molar-refractivity contribution in [3.05, 3.63) is 64.7 Å². The van der Waals surface area contributed by atoms with Crippen LogP contribution in [-0.2, 0) is 16.1 Å². The molecule has 2 amide bonds. The highest BCUT2D eigenvalue weighted by molar-refractivity contribution is 6.30. The van der Waals surface area contributed by atoms with Gasteiger partial charge >= 0.3 is 0 Å². The number of tetrazole rings is 1. The van der Waals surface area contributed by atoms with Crippen LogP contribution in [0.15, 0.2) is 48.5 Å². The molecule has 1 heterocycles. The van der Waals surface area contributed by atoms with Crippen LogP contribution in [0.25, 0.3) is 11.4 Å². The van der Waals surface area contributed by atoms with Crippen molar-refractivity contribution in [2.45, 2.75) is 46.2 Å². The second-order valence-corrected chi connectivity index (χ2v) is 9.54. The summed E-state index contributed by atoms with van der Waals surface area (Å²) < 4.78 is 0. The number of carbonyl (C=O) groups excluding carboxylic acids is 2. The van der Waals surface area contributed by atoms with Crippen LogP contribution in [0.5, 0.6) is 0 Å². The lowest BCUT2D eigenvalue weighted by molar-refractivity contribution is -0.142. The average molecular weight is 513 g/mol. The molecule has 2 N–H and O–H groups in total. The van der Waals surface area contributed by atoms with E-state index < -0.39 is 6.04 Å². The lowest BCUT2D eigenvalue weighted by Crippen LogP contribution is -2.46. The SMILES string of the molecule is Cc1ccc(-c2nnn(CC(=O)N(CCCO)C(C(=O)NCCC(C)C)c3ccc(Cl)cc3)n2)cc1. The van der Waals surface area contributed by atoms with Gasteiger partial charge in [-0.2, -0.15) is 4.80 Å². The summed E-state index contributed by atoms with van der Waals surface area (Å²) in [6, 6.07) is 13.6. The molecule has 0 fully saturated rings. The standard InChI is InChI=1S/C26H33ClN6O3/c1-18(2)13-14-28-26(36)24(20-9-11-22(27)12-10-20)32(15-4-16-34)23(35)17-33-30-25(29-31-33)21-7-5-19(3)6-8-21/h5-12,18,24,34H,4,13-17H2,1-3H3,(H,28,36). The number of benzene rings is 2. The molecule has 36 heavy (non-hydrogen) atoms. The maximum atomic E-state index is 13.5. The van der Waals surface area contributed by atoms with Crippen LogP contribution in [0, 0.1) is 12.8 Å². The summed E-state index contributed by atoms with van der Waals surface area (Å²) in [6.07, 6.45) is 1.13. The molecular formula is C26H33ClN6O3. The van der Waals surface area contributed by atoms with Crippen LogP contribution in [-0.4, -0.2) is 61.7 Å². The molecule has 0 saturated carbocycles. The smallest absolute Gasteiger partial charge is 0.247 e. The lowest BCUT2D eigenvalue weighted by atomic mass is 10.0. The average Bonchev–Trinajstić information content (AvgIpc) is 3.31. The highest BCUT2D eigenvalue weighted by Crippen LogP contribution is 2.24. The van der Waals surface area contributed by atoms with Gasteiger partial charge in [0.2, 0.25) is 17.6 Å². The van der Waals surface area contributed by atoms with Crippen molar-refractivity contribution >= 4 is 23.4 Å². The summed E-state index contributed by atoms with van der Waals surface area (Å²) in [5.41, 5.74) is 2.53. The van der Waals surface area contributed by atoms with Crippen molar-refractivity contribution in [2.75, 3.05) is 19.7 Å². The molecular weight excluding hydrogens is 480 g/mol. The number of rotatable bonds is 12. The Bertz CT molecular complexity index is 1130. The van der Waals surface area contributed by atoms with E-state index >= 15 is 0 Å². The van der Waals surface area contributed by atoms with Gasteiger partial charge in [0.05, 0.1) is 0 Å². The fraction of sp³-hybridized carbons (Fsp3) is 0.423. The number of aliphatic hydroxyl groups is 1. The Kier molecular flexibility index (Phi) is 9.95. The molecule has 0 aliphatic heterocycles. The third-order valence-corrected chi connectivity index (χ3v) is 5.94. The summed E-state index contributed by atoms with van der Waals surface area (Å²) in [5, 5.41) is 25.4. The fourth-order valence-electron chi connectivity index (χ4n) is 3.68. The number of aliphatic hydroxyl groups excluding tert-OH is 1. The maximum absolute atomic E-state index is 13.5. The van der Waals surface area contributed by atoms with Crippen LogP contribution < -0.4 is 5.32 Å². The number of nitrogens with zero attached hydrogens (tertiary/aromatic N) is 5. The summed E-state index contributed by atoms with van der Waals surface area (Å²) in [4.78, 5) is 29.5. The van der Waals surface area contributed by atoms with E-state index in [0.29, 0.717) is 35.3 Å². The van der Waals surface area contributed by atoms with Crippen molar-refractivity contribution in [1.82, 2.24) is 30.4 Å². The van der Waals surface area contributed by atoms with E-state index in [9.17, 15) is 14.7 Å². The van der Waals surface area contributed by atoms with Crippen molar-refractivity contribution in [2.24, 2.45) is 5.92 Å². The number of aryl methyl sites for hydroxylation is 1. The van der Waals surface area contributed by atoms with Crippen LogP contribution in [0.1, 0.15) is 43.9 Å².